The van der Waals surface area contributed by atoms with Crippen molar-refractivity contribution in [2.45, 2.75) is 26.5 Å². The minimum Gasteiger partial charge on any atom is -0.489 e. The standard InChI is InChI=1S/C17H17ClN2O/c1-11-7-13(9-19)3-4-14(11)10-21-17-6-5-15(18)8-16(17)12(2)20/h3-8,12H,10,20H2,1-2H3/t12-/m1/s1. The summed E-state index contributed by atoms with van der Waals surface area (Å²) in [5.74, 6) is 0.734. The second kappa shape index (κ2) is 6.62. The molecule has 0 unspecified atom stereocenters. The van der Waals surface area contributed by atoms with E-state index in [1.165, 1.54) is 0 Å². The molecule has 0 saturated carbocycles. The van der Waals surface area contributed by atoms with E-state index in [0.29, 0.717) is 17.2 Å². The number of nitriles is 1. The number of benzene rings is 2. The molecule has 2 rings (SSSR count). The molecular formula is C17H17ClN2O. The fraction of sp³-hybridized carbons (Fsp3) is 0.235. The lowest BCUT2D eigenvalue weighted by Gasteiger charge is -2.15. The maximum Gasteiger partial charge on any atom is 0.124 e. The van der Waals surface area contributed by atoms with E-state index < -0.39 is 0 Å². The van der Waals surface area contributed by atoms with E-state index in [2.05, 4.69) is 6.07 Å². The smallest absolute Gasteiger partial charge is 0.124 e. The highest BCUT2D eigenvalue weighted by atomic mass is 35.5. The van der Waals surface area contributed by atoms with Crippen molar-refractivity contribution in [2.24, 2.45) is 5.73 Å². The molecule has 0 radical (unpaired) electrons. The Morgan fingerprint density at radius 3 is 2.67 bits per heavy atom. The second-order valence-corrected chi connectivity index (χ2v) is 5.45. The van der Waals surface area contributed by atoms with Gasteiger partial charge in [-0.25, -0.2) is 0 Å². The van der Waals surface area contributed by atoms with Gasteiger partial charge in [-0.1, -0.05) is 17.7 Å². The van der Waals surface area contributed by atoms with E-state index in [1.807, 2.05) is 38.1 Å². The van der Waals surface area contributed by atoms with Gasteiger partial charge in [0.1, 0.15) is 12.4 Å². The molecule has 0 aliphatic heterocycles. The van der Waals surface area contributed by atoms with Crippen LogP contribution in [0.1, 0.15) is 35.2 Å². The first-order valence-electron chi connectivity index (χ1n) is 6.68. The molecule has 0 aliphatic rings. The minimum absolute atomic E-state index is 0.152. The van der Waals surface area contributed by atoms with Crippen LogP contribution in [0.4, 0.5) is 0 Å². The third kappa shape index (κ3) is 3.75. The highest BCUT2D eigenvalue weighted by Crippen LogP contribution is 2.28. The maximum absolute atomic E-state index is 8.88. The van der Waals surface area contributed by atoms with Crippen molar-refractivity contribution < 1.29 is 4.74 Å². The van der Waals surface area contributed by atoms with Gasteiger partial charge in [0.2, 0.25) is 0 Å². The van der Waals surface area contributed by atoms with Crippen LogP contribution in [-0.2, 0) is 6.61 Å². The van der Waals surface area contributed by atoms with Crippen LogP contribution in [0.2, 0.25) is 5.02 Å². The number of ether oxygens (including phenoxy) is 1. The van der Waals surface area contributed by atoms with Gasteiger partial charge in [0.25, 0.3) is 0 Å². The lowest BCUT2D eigenvalue weighted by atomic mass is 10.1. The van der Waals surface area contributed by atoms with Crippen molar-refractivity contribution in [1.29, 1.82) is 5.26 Å². The minimum atomic E-state index is -0.152. The summed E-state index contributed by atoms with van der Waals surface area (Å²) in [6, 6.07) is 13.0. The lowest BCUT2D eigenvalue weighted by Crippen LogP contribution is -2.08. The molecule has 0 saturated heterocycles. The summed E-state index contributed by atoms with van der Waals surface area (Å²) < 4.78 is 5.87. The molecular weight excluding hydrogens is 284 g/mol. The van der Waals surface area contributed by atoms with Crippen molar-refractivity contribution in [2.75, 3.05) is 0 Å². The fourth-order valence-electron chi connectivity index (χ4n) is 2.09. The van der Waals surface area contributed by atoms with E-state index >= 15 is 0 Å². The number of halogens is 1. The van der Waals surface area contributed by atoms with Crippen molar-refractivity contribution in [3.05, 3.63) is 63.7 Å². The third-order valence-corrected chi connectivity index (χ3v) is 3.55. The Balaban J connectivity index is 2.19. The lowest BCUT2D eigenvalue weighted by molar-refractivity contribution is 0.300. The van der Waals surface area contributed by atoms with Crippen molar-refractivity contribution in [3.8, 4) is 11.8 Å². The van der Waals surface area contributed by atoms with E-state index in [9.17, 15) is 0 Å². The number of nitrogens with zero attached hydrogens (tertiary/aromatic N) is 1. The van der Waals surface area contributed by atoms with Gasteiger partial charge in [0.05, 0.1) is 11.6 Å². The molecule has 108 valence electrons. The van der Waals surface area contributed by atoms with Crippen LogP contribution in [0.3, 0.4) is 0 Å². The van der Waals surface area contributed by atoms with Crippen LogP contribution in [0, 0.1) is 18.3 Å². The fourth-order valence-corrected chi connectivity index (χ4v) is 2.27. The summed E-state index contributed by atoms with van der Waals surface area (Å²) in [6.45, 7) is 4.29. The van der Waals surface area contributed by atoms with Gasteiger partial charge in [-0.05, 0) is 55.3 Å². The number of nitrogens with two attached hydrogens (primary N) is 1. The van der Waals surface area contributed by atoms with Crippen LogP contribution in [0.5, 0.6) is 5.75 Å². The van der Waals surface area contributed by atoms with Crippen molar-refractivity contribution >= 4 is 11.6 Å². The van der Waals surface area contributed by atoms with Crippen molar-refractivity contribution in [3.63, 3.8) is 0 Å². The van der Waals surface area contributed by atoms with E-state index in [4.69, 9.17) is 27.3 Å². The third-order valence-electron chi connectivity index (χ3n) is 3.32. The Labute approximate surface area is 129 Å². The van der Waals surface area contributed by atoms with Gasteiger partial charge in [0.15, 0.2) is 0 Å². The van der Waals surface area contributed by atoms with Gasteiger partial charge in [-0.2, -0.15) is 5.26 Å². The number of hydrogen-bond donors (Lipinski definition) is 1. The molecule has 1 atom stereocenters. The van der Waals surface area contributed by atoms with Crippen LogP contribution >= 0.6 is 11.6 Å². The molecule has 2 aromatic rings. The second-order valence-electron chi connectivity index (χ2n) is 5.01. The first-order valence-corrected chi connectivity index (χ1v) is 7.06. The predicted octanol–water partition coefficient (Wildman–Crippen LogP) is 4.12. The van der Waals surface area contributed by atoms with Crippen LogP contribution < -0.4 is 10.5 Å². The average Bonchev–Trinajstić information content (AvgIpc) is 2.46. The topological polar surface area (TPSA) is 59.0 Å². The SMILES string of the molecule is Cc1cc(C#N)ccc1COc1ccc(Cl)cc1[C@@H](C)N. The molecule has 2 aromatic carbocycles. The summed E-state index contributed by atoms with van der Waals surface area (Å²) in [6.07, 6.45) is 0. The zero-order chi connectivity index (χ0) is 15.4. The monoisotopic (exact) mass is 300 g/mol. The summed E-state index contributed by atoms with van der Waals surface area (Å²) >= 11 is 5.99. The van der Waals surface area contributed by atoms with Gasteiger partial charge < -0.3 is 10.5 Å². The zero-order valence-corrected chi connectivity index (χ0v) is 12.8. The molecule has 0 heterocycles. The Bertz CT molecular complexity index is 690. The molecule has 0 fully saturated rings. The molecule has 0 aromatic heterocycles. The largest absolute Gasteiger partial charge is 0.489 e. The van der Waals surface area contributed by atoms with Crippen molar-refractivity contribution in [1.82, 2.24) is 0 Å². The van der Waals surface area contributed by atoms with Gasteiger partial charge in [-0.3, -0.25) is 0 Å². The Morgan fingerprint density at radius 1 is 1.29 bits per heavy atom. The number of hydrogen-bond acceptors (Lipinski definition) is 3. The summed E-state index contributed by atoms with van der Waals surface area (Å²) in [5.41, 5.74) is 9.55. The van der Waals surface area contributed by atoms with E-state index in [0.717, 1.165) is 22.4 Å². The maximum atomic E-state index is 8.88. The van der Waals surface area contributed by atoms with Gasteiger partial charge in [-0.15, -0.1) is 0 Å². The molecule has 3 nitrogen and oxygen atoms in total. The average molecular weight is 301 g/mol. The summed E-state index contributed by atoms with van der Waals surface area (Å²) in [4.78, 5) is 0. The van der Waals surface area contributed by atoms with E-state index in [1.54, 1.807) is 12.1 Å². The van der Waals surface area contributed by atoms with E-state index in [-0.39, 0.29) is 6.04 Å². The predicted molar refractivity (Wildman–Crippen MR) is 84.3 cm³/mol. The van der Waals surface area contributed by atoms with Crippen LogP contribution in [0.15, 0.2) is 36.4 Å². The van der Waals surface area contributed by atoms with Gasteiger partial charge >= 0.3 is 0 Å². The summed E-state index contributed by atoms with van der Waals surface area (Å²) in [7, 11) is 0. The molecule has 0 amide bonds. The highest BCUT2D eigenvalue weighted by molar-refractivity contribution is 6.30. The quantitative estimate of drug-likeness (QED) is 0.924. The molecule has 2 N–H and O–H groups in total. The molecule has 4 heteroatoms. The highest BCUT2D eigenvalue weighted by Gasteiger charge is 2.10. The normalized spacial score (nSPS) is 11.8. The van der Waals surface area contributed by atoms with Crippen LogP contribution in [0.25, 0.3) is 0 Å². The molecule has 0 aliphatic carbocycles. The summed E-state index contributed by atoms with van der Waals surface area (Å²) in [5, 5.41) is 9.52. The zero-order valence-electron chi connectivity index (χ0n) is 12.1. The first-order chi connectivity index (χ1) is 10.0. The van der Waals surface area contributed by atoms with Gasteiger partial charge in [0, 0.05) is 16.6 Å². The molecule has 0 spiro atoms. The number of rotatable bonds is 4. The first kappa shape index (κ1) is 15.4. The number of aryl methyl sites for hydroxylation is 1. The van der Waals surface area contributed by atoms with Crippen LogP contribution in [-0.4, -0.2) is 0 Å². The Hall–Kier alpha value is -2.02. The Kier molecular flexibility index (Phi) is 4.85. The molecule has 0 bridgehead atoms. The Morgan fingerprint density at radius 2 is 2.05 bits per heavy atom. The molecule has 21 heavy (non-hydrogen) atoms.